The average molecular weight is 380 g/mol. The molecule has 1 amide bonds. The molecule has 0 heterocycles. The maximum Gasteiger partial charge on any atom is 0.252 e. The molecule has 2 nitrogen and oxygen atoms in total. The van der Waals surface area contributed by atoms with Crippen LogP contribution in [0.3, 0.4) is 0 Å². The number of carbonyl (C=O) groups excluding carboxylic acids is 1. The first-order valence-electron chi connectivity index (χ1n) is 7.86. The van der Waals surface area contributed by atoms with E-state index in [2.05, 4.69) is 21.2 Å². The Balaban J connectivity index is 1.91. The zero-order valence-electron chi connectivity index (χ0n) is 13.4. The van der Waals surface area contributed by atoms with E-state index in [-0.39, 0.29) is 11.9 Å². The highest BCUT2D eigenvalue weighted by molar-refractivity contribution is 9.10. The molecule has 3 aromatic carbocycles. The van der Waals surface area contributed by atoms with Crippen molar-refractivity contribution in [2.45, 2.75) is 13.0 Å². The van der Waals surface area contributed by atoms with Crippen LogP contribution in [-0.2, 0) is 0 Å². The van der Waals surface area contributed by atoms with Crippen molar-refractivity contribution in [3.63, 3.8) is 0 Å². The molecule has 120 valence electrons. The molecule has 0 saturated carbocycles. The quantitative estimate of drug-likeness (QED) is 0.627. The van der Waals surface area contributed by atoms with Gasteiger partial charge < -0.3 is 5.32 Å². The van der Waals surface area contributed by atoms with E-state index < -0.39 is 0 Å². The van der Waals surface area contributed by atoms with Crippen molar-refractivity contribution in [2.24, 2.45) is 0 Å². The third kappa shape index (κ3) is 3.74. The molecule has 0 saturated heterocycles. The Kier molecular flexibility index (Phi) is 5.11. The maximum absolute atomic E-state index is 12.8. The summed E-state index contributed by atoms with van der Waals surface area (Å²) >= 11 is 3.47. The Labute approximate surface area is 150 Å². The smallest absolute Gasteiger partial charge is 0.252 e. The zero-order valence-corrected chi connectivity index (χ0v) is 15.0. The minimum absolute atomic E-state index is 0.0543. The van der Waals surface area contributed by atoms with Gasteiger partial charge in [0, 0.05) is 10.0 Å². The van der Waals surface area contributed by atoms with Gasteiger partial charge in [-0.05, 0) is 35.7 Å². The Hall–Kier alpha value is -2.39. The second-order valence-corrected chi connectivity index (χ2v) is 6.58. The highest BCUT2D eigenvalue weighted by atomic mass is 79.9. The van der Waals surface area contributed by atoms with Crippen LogP contribution in [0, 0.1) is 0 Å². The summed E-state index contributed by atoms with van der Waals surface area (Å²) < 4.78 is 0.889. The molecule has 0 aliphatic carbocycles. The van der Waals surface area contributed by atoms with Crippen LogP contribution < -0.4 is 5.32 Å². The van der Waals surface area contributed by atoms with Crippen molar-refractivity contribution in [1.82, 2.24) is 5.32 Å². The highest BCUT2D eigenvalue weighted by Gasteiger charge is 2.16. The van der Waals surface area contributed by atoms with Gasteiger partial charge in [-0.25, -0.2) is 0 Å². The van der Waals surface area contributed by atoms with Gasteiger partial charge in [-0.1, -0.05) is 82.7 Å². The number of halogens is 1. The van der Waals surface area contributed by atoms with Gasteiger partial charge in [0.1, 0.15) is 0 Å². The molecule has 0 fully saturated rings. The molecule has 1 atom stereocenters. The van der Waals surface area contributed by atoms with Crippen molar-refractivity contribution in [3.05, 3.63) is 94.5 Å². The average Bonchev–Trinajstić information content (AvgIpc) is 2.63. The van der Waals surface area contributed by atoms with Crippen molar-refractivity contribution >= 4 is 21.8 Å². The van der Waals surface area contributed by atoms with E-state index in [1.54, 1.807) is 0 Å². The van der Waals surface area contributed by atoms with E-state index in [1.807, 2.05) is 85.8 Å². The van der Waals surface area contributed by atoms with Gasteiger partial charge in [0.25, 0.3) is 5.91 Å². The van der Waals surface area contributed by atoms with Crippen LogP contribution >= 0.6 is 15.9 Å². The molecule has 0 spiro atoms. The van der Waals surface area contributed by atoms with Crippen molar-refractivity contribution in [3.8, 4) is 11.1 Å². The summed E-state index contributed by atoms with van der Waals surface area (Å²) in [5.74, 6) is -0.0773. The predicted molar refractivity (Wildman–Crippen MR) is 102 cm³/mol. The summed E-state index contributed by atoms with van der Waals surface area (Å²) in [4.78, 5) is 12.8. The van der Waals surface area contributed by atoms with E-state index in [4.69, 9.17) is 0 Å². The van der Waals surface area contributed by atoms with E-state index >= 15 is 0 Å². The molecule has 3 heteroatoms. The second-order valence-electron chi connectivity index (χ2n) is 5.66. The summed E-state index contributed by atoms with van der Waals surface area (Å²) in [6.45, 7) is 1.99. The maximum atomic E-state index is 12.8. The molecule has 0 radical (unpaired) electrons. The lowest BCUT2D eigenvalue weighted by molar-refractivity contribution is 0.0940. The SMILES string of the molecule is C[C@@H](NC(=O)c1cc(Br)ccc1-c1ccccc1)c1ccccc1. The minimum Gasteiger partial charge on any atom is -0.345 e. The first-order valence-corrected chi connectivity index (χ1v) is 8.65. The van der Waals surface area contributed by atoms with Gasteiger partial charge in [0.15, 0.2) is 0 Å². The van der Waals surface area contributed by atoms with Crippen LogP contribution in [0.5, 0.6) is 0 Å². The van der Waals surface area contributed by atoms with E-state index in [9.17, 15) is 4.79 Å². The molecular weight excluding hydrogens is 362 g/mol. The van der Waals surface area contributed by atoms with Crippen LogP contribution in [0.25, 0.3) is 11.1 Å². The van der Waals surface area contributed by atoms with Crippen LogP contribution in [-0.4, -0.2) is 5.91 Å². The van der Waals surface area contributed by atoms with Crippen LogP contribution in [0.15, 0.2) is 83.3 Å². The fourth-order valence-electron chi connectivity index (χ4n) is 2.67. The molecule has 3 aromatic rings. The molecule has 0 aliphatic heterocycles. The molecule has 0 unspecified atom stereocenters. The molecule has 0 aromatic heterocycles. The molecular formula is C21H18BrNO. The second kappa shape index (κ2) is 7.45. The topological polar surface area (TPSA) is 29.1 Å². The first-order chi connectivity index (χ1) is 11.6. The summed E-state index contributed by atoms with van der Waals surface area (Å²) in [7, 11) is 0. The number of carbonyl (C=O) groups is 1. The summed E-state index contributed by atoms with van der Waals surface area (Å²) in [6, 6.07) is 25.7. The first kappa shape index (κ1) is 16.5. The predicted octanol–water partition coefficient (Wildman–Crippen LogP) is 5.61. The molecule has 0 bridgehead atoms. The fraction of sp³-hybridized carbons (Fsp3) is 0.0952. The lowest BCUT2D eigenvalue weighted by atomic mass is 9.98. The standard InChI is InChI=1S/C21H18BrNO/c1-15(16-8-4-2-5-9-16)23-21(24)20-14-18(22)12-13-19(20)17-10-6-3-7-11-17/h2-15H,1H3,(H,23,24)/t15-/m1/s1. The Morgan fingerprint density at radius 2 is 1.54 bits per heavy atom. The van der Waals surface area contributed by atoms with Crippen LogP contribution in [0.2, 0.25) is 0 Å². The minimum atomic E-state index is -0.0773. The molecule has 3 rings (SSSR count). The highest BCUT2D eigenvalue weighted by Crippen LogP contribution is 2.27. The number of hydrogen-bond acceptors (Lipinski definition) is 1. The summed E-state index contributed by atoms with van der Waals surface area (Å²) in [6.07, 6.45) is 0. The van der Waals surface area contributed by atoms with Gasteiger partial charge >= 0.3 is 0 Å². The molecule has 0 aliphatic rings. The summed E-state index contributed by atoms with van der Waals surface area (Å²) in [5, 5.41) is 3.09. The van der Waals surface area contributed by atoms with Gasteiger partial charge in [-0.15, -0.1) is 0 Å². The van der Waals surface area contributed by atoms with Crippen molar-refractivity contribution in [2.75, 3.05) is 0 Å². The Morgan fingerprint density at radius 1 is 0.917 bits per heavy atom. The van der Waals surface area contributed by atoms with E-state index in [0.29, 0.717) is 5.56 Å². The zero-order chi connectivity index (χ0) is 16.9. The molecule has 1 N–H and O–H groups in total. The molecule has 24 heavy (non-hydrogen) atoms. The lowest BCUT2D eigenvalue weighted by Gasteiger charge is -2.16. The van der Waals surface area contributed by atoms with Gasteiger partial charge in [-0.2, -0.15) is 0 Å². The number of amides is 1. The van der Waals surface area contributed by atoms with Crippen molar-refractivity contribution < 1.29 is 4.79 Å². The number of nitrogens with one attached hydrogen (secondary N) is 1. The lowest BCUT2D eigenvalue weighted by Crippen LogP contribution is -2.27. The van der Waals surface area contributed by atoms with E-state index in [0.717, 1.165) is 21.2 Å². The normalized spacial score (nSPS) is 11.8. The number of benzene rings is 3. The Bertz CT molecular complexity index is 831. The van der Waals surface area contributed by atoms with Gasteiger partial charge in [0.2, 0.25) is 0 Å². The fourth-order valence-corrected chi connectivity index (χ4v) is 3.03. The third-order valence-electron chi connectivity index (χ3n) is 3.96. The van der Waals surface area contributed by atoms with Crippen LogP contribution in [0.4, 0.5) is 0 Å². The van der Waals surface area contributed by atoms with Crippen molar-refractivity contribution in [1.29, 1.82) is 0 Å². The number of rotatable bonds is 4. The monoisotopic (exact) mass is 379 g/mol. The van der Waals surface area contributed by atoms with E-state index in [1.165, 1.54) is 0 Å². The number of hydrogen-bond donors (Lipinski definition) is 1. The largest absolute Gasteiger partial charge is 0.345 e. The Morgan fingerprint density at radius 3 is 2.21 bits per heavy atom. The van der Waals surface area contributed by atoms with Crippen LogP contribution in [0.1, 0.15) is 28.9 Å². The third-order valence-corrected chi connectivity index (χ3v) is 4.45. The van der Waals surface area contributed by atoms with Gasteiger partial charge in [-0.3, -0.25) is 4.79 Å². The summed E-state index contributed by atoms with van der Waals surface area (Å²) in [5.41, 5.74) is 3.71. The van der Waals surface area contributed by atoms with Gasteiger partial charge in [0.05, 0.1) is 6.04 Å².